The van der Waals surface area contributed by atoms with E-state index in [1.807, 2.05) is 48.6 Å². The van der Waals surface area contributed by atoms with Gasteiger partial charge in [-0.2, -0.15) is 0 Å². The Hall–Kier alpha value is -10.3. The largest absolute Gasteiger partial charge is 0.497 e. The minimum Gasteiger partial charge on any atom is -0.497 e. The maximum Gasteiger partial charge on any atom is 0.339 e. The molecule has 3 aromatic heterocycles. The smallest absolute Gasteiger partial charge is 0.339 e. The van der Waals surface area contributed by atoms with Crippen molar-refractivity contribution >= 4 is 52.3 Å². The number of nitrogens with one attached hydrogen (secondary N) is 3. The Bertz CT molecular complexity index is 3760. The zero-order chi connectivity index (χ0) is 57.2. The molecule has 3 heterocycles. The van der Waals surface area contributed by atoms with Gasteiger partial charge in [-0.05, 0) is 132 Å². The highest BCUT2D eigenvalue weighted by molar-refractivity contribution is 5.96. The zero-order valence-electron chi connectivity index (χ0n) is 41.9. The van der Waals surface area contributed by atoms with E-state index in [0.29, 0.717) is 17.2 Å². The molecule has 0 atom stereocenters. The number of aryl methyl sites for hydroxylation is 1. The molecule has 0 saturated heterocycles. The number of carboxylic acids is 3. The summed E-state index contributed by atoms with van der Waals surface area (Å²) in [6.07, 6.45) is 7.68. The Morgan fingerprint density at radius 3 is 1.64 bits per heavy atom. The van der Waals surface area contributed by atoms with E-state index in [1.54, 1.807) is 24.3 Å². The van der Waals surface area contributed by atoms with Crippen molar-refractivity contribution in [3.05, 3.63) is 221 Å². The number of pyridine rings is 3. The number of carboxylic acid groups (broad SMARTS) is 3. The van der Waals surface area contributed by atoms with Gasteiger partial charge in [0.05, 0.1) is 41.9 Å². The van der Waals surface area contributed by atoms with Crippen LogP contribution in [-0.4, -0.2) is 61.4 Å². The number of hydrogen-bond acceptors (Lipinski definition) is 11. The summed E-state index contributed by atoms with van der Waals surface area (Å²) < 4.78 is 113. The number of aromatic nitrogens is 3. The van der Waals surface area contributed by atoms with Crippen LogP contribution in [-0.2, 0) is 0 Å². The van der Waals surface area contributed by atoms with Gasteiger partial charge in [0.2, 0.25) is 0 Å². The number of benzene rings is 6. The second-order valence-electron chi connectivity index (χ2n) is 17.4. The standard InChI is InChI=1S/C21H17FN2O3.C19H12F4N2O3.C19H14F2N2O2/c22-18-11-14(13-2-1-3-16(10-13)27-15-5-6-15)4-7-19(18)24-20-12-23-9-8-17(20)21(25)26;1-28-10-5-2-4-9(8-10)12-13(20)15(22)17(16(23)14(12)21)25-18-11(19(26)27)6-3-7-24-18;1-11-5-2-3-6-13(11)12-9-15(20)17(16(21)10-12)23-18-14(19(24)25)7-4-8-22-18/h1-4,7-12,15,24H,5-6H2,(H,25,26);2-8H,1H3,(H,24,25)(H,26,27);2-10H,1H3,(H,22,23)(H,24,25). The summed E-state index contributed by atoms with van der Waals surface area (Å²) in [6, 6.07) is 33.9. The van der Waals surface area contributed by atoms with Crippen LogP contribution in [0.4, 0.5) is 65.1 Å². The lowest BCUT2D eigenvalue weighted by Gasteiger charge is -2.14. The molecule has 6 N–H and O–H groups in total. The summed E-state index contributed by atoms with van der Waals surface area (Å²) in [5, 5.41) is 34.7. The Morgan fingerprint density at radius 2 is 1.06 bits per heavy atom. The first kappa shape index (κ1) is 55.9. The van der Waals surface area contributed by atoms with Gasteiger partial charge in [0.25, 0.3) is 0 Å². The van der Waals surface area contributed by atoms with Gasteiger partial charge in [0.1, 0.15) is 63.1 Å². The highest BCUT2D eigenvalue weighted by Crippen LogP contribution is 2.38. The van der Waals surface area contributed by atoms with Gasteiger partial charge in [-0.25, -0.2) is 55.1 Å². The minimum absolute atomic E-state index is 0.0263. The molecule has 1 aliphatic rings. The molecule has 0 unspecified atom stereocenters. The molecule has 1 aliphatic carbocycles. The molecular formula is C59H43F7N6O8. The number of hydrogen-bond donors (Lipinski definition) is 6. The maximum atomic E-state index is 14.6. The normalized spacial score (nSPS) is 11.5. The molecule has 6 aromatic carbocycles. The van der Waals surface area contributed by atoms with E-state index in [9.17, 15) is 50.2 Å². The molecule has 0 radical (unpaired) electrons. The molecule has 0 aliphatic heterocycles. The molecule has 1 saturated carbocycles. The maximum absolute atomic E-state index is 14.6. The van der Waals surface area contributed by atoms with Crippen LogP contribution >= 0.6 is 0 Å². The van der Waals surface area contributed by atoms with E-state index < -0.39 is 86.9 Å². The van der Waals surface area contributed by atoms with Crippen LogP contribution in [0.2, 0.25) is 0 Å². The number of aromatic carboxylic acids is 3. The SMILES string of the molecule is COc1cccc(-c2c(F)c(F)c(Nc3ncccc3C(=O)O)c(F)c2F)c1.Cc1ccccc1-c1cc(F)c(Nc2ncccc2C(=O)O)c(F)c1.O=C(O)c1ccncc1Nc1ccc(-c2cccc(OC3CC3)c2)cc1F. The Balaban J connectivity index is 0.000000158. The molecule has 0 bridgehead atoms. The Labute approximate surface area is 450 Å². The first-order valence-electron chi connectivity index (χ1n) is 23.9. The number of nitrogens with zero attached hydrogens (tertiary/aromatic N) is 3. The number of anilines is 6. The van der Waals surface area contributed by atoms with E-state index in [4.69, 9.17) is 19.7 Å². The highest BCUT2D eigenvalue weighted by atomic mass is 19.2. The van der Waals surface area contributed by atoms with Gasteiger partial charge in [-0.15, -0.1) is 0 Å². The second-order valence-corrected chi connectivity index (χ2v) is 17.4. The van der Waals surface area contributed by atoms with Gasteiger partial charge in [0.15, 0.2) is 23.3 Å². The monoisotopic (exact) mass is 1100 g/mol. The number of halogens is 7. The molecule has 9 aromatic rings. The highest BCUT2D eigenvalue weighted by Gasteiger charge is 2.28. The van der Waals surface area contributed by atoms with Crippen LogP contribution in [0.15, 0.2) is 158 Å². The fraction of sp³-hybridized carbons (Fsp3) is 0.0847. The first-order valence-corrected chi connectivity index (χ1v) is 23.9. The van der Waals surface area contributed by atoms with Gasteiger partial charge in [0, 0.05) is 18.6 Å². The van der Waals surface area contributed by atoms with E-state index >= 15 is 0 Å². The van der Waals surface area contributed by atoms with Crippen LogP contribution in [0, 0.1) is 47.6 Å². The summed E-state index contributed by atoms with van der Waals surface area (Å²) in [7, 11) is 1.33. The molecule has 0 amide bonds. The van der Waals surface area contributed by atoms with Crippen LogP contribution in [0.25, 0.3) is 33.4 Å². The summed E-state index contributed by atoms with van der Waals surface area (Å²) >= 11 is 0. The van der Waals surface area contributed by atoms with Crippen molar-refractivity contribution in [1.29, 1.82) is 0 Å². The lowest BCUT2D eigenvalue weighted by Crippen LogP contribution is -2.10. The quantitative estimate of drug-likeness (QED) is 0.0418. The van der Waals surface area contributed by atoms with Crippen LogP contribution in [0.3, 0.4) is 0 Å². The van der Waals surface area contributed by atoms with Gasteiger partial charge < -0.3 is 40.7 Å². The summed E-state index contributed by atoms with van der Waals surface area (Å²) in [5.41, 5.74) is 0.713. The molecule has 80 heavy (non-hydrogen) atoms. The molecule has 0 spiro atoms. The summed E-state index contributed by atoms with van der Waals surface area (Å²) in [4.78, 5) is 45.0. The van der Waals surface area contributed by atoms with Crippen molar-refractivity contribution in [1.82, 2.24) is 15.0 Å². The summed E-state index contributed by atoms with van der Waals surface area (Å²) in [6.45, 7) is 1.85. The Kier molecular flexibility index (Phi) is 17.3. The minimum atomic E-state index is -1.72. The molecule has 10 rings (SSSR count). The van der Waals surface area contributed by atoms with Gasteiger partial charge >= 0.3 is 17.9 Å². The predicted octanol–water partition coefficient (Wildman–Crippen LogP) is 14.4. The zero-order valence-corrected chi connectivity index (χ0v) is 41.9. The van der Waals surface area contributed by atoms with Gasteiger partial charge in [-0.3, -0.25) is 4.98 Å². The number of methoxy groups -OCH3 is 1. The lowest BCUT2D eigenvalue weighted by atomic mass is 10.00. The van der Waals surface area contributed by atoms with Crippen molar-refractivity contribution in [3.63, 3.8) is 0 Å². The molecule has 21 heteroatoms. The molecule has 14 nitrogen and oxygen atoms in total. The second kappa shape index (κ2) is 24.8. The lowest BCUT2D eigenvalue weighted by molar-refractivity contribution is 0.0686. The van der Waals surface area contributed by atoms with Crippen molar-refractivity contribution in [3.8, 4) is 44.9 Å². The number of carbonyl (C=O) groups is 3. The number of ether oxygens (including phenoxy) is 2. The third-order valence-electron chi connectivity index (χ3n) is 12.0. The third kappa shape index (κ3) is 13.1. The van der Waals surface area contributed by atoms with Crippen LogP contribution in [0.1, 0.15) is 49.5 Å². The Morgan fingerprint density at radius 1 is 0.512 bits per heavy atom. The van der Waals surface area contributed by atoms with Crippen molar-refractivity contribution in [2.24, 2.45) is 0 Å². The molecule has 1 fully saturated rings. The fourth-order valence-corrected chi connectivity index (χ4v) is 7.86. The molecule has 406 valence electrons. The van der Waals surface area contributed by atoms with E-state index in [2.05, 4.69) is 25.6 Å². The molecular weight excluding hydrogens is 1050 g/mol. The van der Waals surface area contributed by atoms with Crippen molar-refractivity contribution in [2.75, 3.05) is 23.1 Å². The van der Waals surface area contributed by atoms with Gasteiger partial charge in [-0.1, -0.05) is 54.6 Å². The van der Waals surface area contributed by atoms with E-state index in [-0.39, 0.29) is 39.6 Å². The average Bonchev–Trinajstić information content (AvgIpc) is 4.35. The van der Waals surface area contributed by atoms with E-state index in [0.717, 1.165) is 47.5 Å². The topological polar surface area (TPSA) is 205 Å². The van der Waals surface area contributed by atoms with Crippen LogP contribution < -0.4 is 25.4 Å². The van der Waals surface area contributed by atoms with Crippen LogP contribution in [0.5, 0.6) is 11.5 Å². The van der Waals surface area contributed by atoms with Crippen molar-refractivity contribution < 1.29 is 69.9 Å². The third-order valence-corrected chi connectivity index (χ3v) is 12.0. The van der Waals surface area contributed by atoms with E-state index in [1.165, 1.54) is 92.4 Å². The fourth-order valence-electron chi connectivity index (χ4n) is 7.86. The summed E-state index contributed by atoms with van der Waals surface area (Å²) in [5.74, 6) is -12.3. The van der Waals surface area contributed by atoms with Crippen molar-refractivity contribution in [2.45, 2.75) is 25.9 Å². The first-order chi connectivity index (χ1) is 38.4. The predicted molar refractivity (Wildman–Crippen MR) is 284 cm³/mol. The number of rotatable bonds is 15. The average molecular weight is 1100 g/mol.